The highest BCUT2D eigenvalue weighted by Crippen LogP contribution is 2.21. The average molecular weight is 399 g/mol. The Kier molecular flexibility index (Phi) is 5.57. The number of amides is 1. The second kappa shape index (κ2) is 7.91. The zero-order valence-corrected chi connectivity index (χ0v) is 16.6. The molecule has 0 fully saturated rings. The first-order valence-corrected chi connectivity index (χ1v) is 10.1. The lowest BCUT2D eigenvalue weighted by Crippen LogP contribution is -2.33. The van der Waals surface area contributed by atoms with Crippen molar-refractivity contribution in [3.63, 3.8) is 0 Å². The van der Waals surface area contributed by atoms with E-state index in [0.717, 1.165) is 0 Å². The topological polar surface area (TPSA) is 97.2 Å². The average Bonchev–Trinajstić information content (AvgIpc) is 3.22. The molecule has 1 amide bonds. The third kappa shape index (κ3) is 3.95. The van der Waals surface area contributed by atoms with E-state index < -0.39 is 10.0 Å². The molecule has 0 radical (unpaired) electrons. The minimum Gasteiger partial charge on any atom is -0.320 e. The van der Waals surface area contributed by atoms with E-state index in [-0.39, 0.29) is 16.8 Å². The summed E-state index contributed by atoms with van der Waals surface area (Å²) in [6.45, 7) is 3.60. The Labute approximate surface area is 163 Å². The van der Waals surface area contributed by atoms with Crippen molar-refractivity contribution in [3.05, 3.63) is 66.7 Å². The molecule has 0 atom stereocenters. The molecule has 1 aromatic heterocycles. The highest BCUT2D eigenvalue weighted by Gasteiger charge is 2.23. The summed E-state index contributed by atoms with van der Waals surface area (Å²) in [5.41, 5.74) is 1.58. The normalized spacial score (nSPS) is 11.8. The molecule has 0 saturated carbocycles. The Bertz CT molecular complexity index is 1060. The summed E-state index contributed by atoms with van der Waals surface area (Å²) < 4.78 is 27.9. The molecule has 3 rings (SSSR count). The van der Waals surface area contributed by atoms with E-state index in [9.17, 15) is 13.2 Å². The Morgan fingerprint density at radius 1 is 1.11 bits per heavy atom. The molecule has 9 heteroatoms. The van der Waals surface area contributed by atoms with Crippen molar-refractivity contribution in [1.82, 2.24) is 19.1 Å². The van der Waals surface area contributed by atoms with Gasteiger partial charge in [-0.3, -0.25) is 4.79 Å². The number of hydrogen-bond donors (Lipinski definition) is 1. The number of nitrogens with one attached hydrogen (secondary N) is 1. The fourth-order valence-electron chi connectivity index (χ4n) is 2.53. The van der Waals surface area contributed by atoms with Crippen LogP contribution in [-0.4, -0.2) is 46.5 Å². The summed E-state index contributed by atoms with van der Waals surface area (Å²) in [5, 5.41) is 6.91. The molecule has 0 spiro atoms. The van der Waals surface area contributed by atoms with E-state index in [1.807, 2.05) is 12.1 Å². The van der Waals surface area contributed by atoms with Crippen LogP contribution in [0.15, 0.2) is 66.1 Å². The summed E-state index contributed by atoms with van der Waals surface area (Å²) in [7, 11) is -2.06. The molecular formula is C19H21N5O3S. The van der Waals surface area contributed by atoms with Crippen LogP contribution in [0.4, 0.5) is 5.69 Å². The summed E-state index contributed by atoms with van der Waals surface area (Å²) in [6.07, 6.45) is 2.95. The van der Waals surface area contributed by atoms with Gasteiger partial charge in [0.2, 0.25) is 10.0 Å². The Balaban J connectivity index is 1.82. The van der Waals surface area contributed by atoms with E-state index in [1.165, 1.54) is 48.3 Å². The van der Waals surface area contributed by atoms with Gasteiger partial charge < -0.3 is 5.32 Å². The zero-order chi connectivity index (χ0) is 20.3. The number of benzene rings is 2. The maximum Gasteiger partial charge on any atom is 0.255 e. The molecule has 146 valence electrons. The van der Waals surface area contributed by atoms with Crippen LogP contribution in [0.2, 0.25) is 0 Å². The number of carbonyl (C=O) groups excluding carboxylic acids is 1. The molecule has 2 aromatic carbocycles. The van der Waals surface area contributed by atoms with Crippen molar-refractivity contribution >= 4 is 21.6 Å². The van der Waals surface area contributed by atoms with Crippen molar-refractivity contribution in [2.75, 3.05) is 12.4 Å². The molecule has 28 heavy (non-hydrogen) atoms. The van der Waals surface area contributed by atoms with E-state index in [0.29, 0.717) is 16.9 Å². The fraction of sp³-hybridized carbons (Fsp3) is 0.211. The number of hydrogen-bond acceptors (Lipinski definition) is 5. The van der Waals surface area contributed by atoms with Gasteiger partial charge in [0, 0.05) is 18.7 Å². The van der Waals surface area contributed by atoms with Crippen LogP contribution in [0, 0.1) is 0 Å². The first kappa shape index (κ1) is 19.7. The second-order valence-corrected chi connectivity index (χ2v) is 8.45. The van der Waals surface area contributed by atoms with Gasteiger partial charge in [0.25, 0.3) is 5.91 Å². The Morgan fingerprint density at radius 3 is 2.39 bits per heavy atom. The monoisotopic (exact) mass is 399 g/mol. The lowest BCUT2D eigenvalue weighted by Gasteiger charge is -2.21. The van der Waals surface area contributed by atoms with Crippen LogP contribution in [0.25, 0.3) is 5.69 Å². The van der Waals surface area contributed by atoms with Crippen LogP contribution in [0.5, 0.6) is 0 Å². The van der Waals surface area contributed by atoms with Crippen LogP contribution in [-0.2, 0) is 10.0 Å². The number of para-hydroxylation sites is 2. The maximum atomic E-state index is 12.6. The third-order valence-electron chi connectivity index (χ3n) is 4.34. The maximum absolute atomic E-state index is 12.6. The summed E-state index contributed by atoms with van der Waals surface area (Å²) in [6, 6.07) is 12.9. The van der Waals surface area contributed by atoms with E-state index >= 15 is 0 Å². The lowest BCUT2D eigenvalue weighted by molar-refractivity contribution is 0.102. The number of nitrogens with zero attached hydrogens (tertiary/aromatic N) is 4. The molecule has 1 heterocycles. The number of sulfonamides is 1. The van der Waals surface area contributed by atoms with Gasteiger partial charge in [0.15, 0.2) is 0 Å². The van der Waals surface area contributed by atoms with Gasteiger partial charge in [-0.15, -0.1) is 0 Å². The zero-order valence-electron chi connectivity index (χ0n) is 15.8. The number of carbonyl (C=O) groups is 1. The van der Waals surface area contributed by atoms with Gasteiger partial charge in [0.05, 0.1) is 16.3 Å². The predicted molar refractivity (Wildman–Crippen MR) is 106 cm³/mol. The van der Waals surface area contributed by atoms with Gasteiger partial charge in [-0.25, -0.2) is 18.1 Å². The van der Waals surface area contributed by atoms with E-state index in [4.69, 9.17) is 0 Å². The van der Waals surface area contributed by atoms with Gasteiger partial charge in [0.1, 0.15) is 12.7 Å². The molecule has 1 N–H and O–H groups in total. The van der Waals surface area contributed by atoms with Crippen LogP contribution < -0.4 is 5.32 Å². The SMILES string of the molecule is CC(C)N(C)S(=O)(=O)c1ccc(C(=O)Nc2ccccc2-n2cncn2)cc1. The first-order chi connectivity index (χ1) is 13.3. The van der Waals surface area contributed by atoms with Crippen molar-refractivity contribution in [3.8, 4) is 5.69 Å². The quantitative estimate of drug-likeness (QED) is 0.687. The Hall–Kier alpha value is -3.04. The Morgan fingerprint density at radius 2 is 1.79 bits per heavy atom. The minimum atomic E-state index is -3.59. The van der Waals surface area contributed by atoms with Gasteiger partial charge in [-0.1, -0.05) is 12.1 Å². The summed E-state index contributed by atoms with van der Waals surface area (Å²) in [4.78, 5) is 16.7. The van der Waals surface area contributed by atoms with Gasteiger partial charge >= 0.3 is 0 Å². The lowest BCUT2D eigenvalue weighted by atomic mass is 10.2. The predicted octanol–water partition coefficient (Wildman–Crippen LogP) is 2.55. The van der Waals surface area contributed by atoms with E-state index in [2.05, 4.69) is 15.4 Å². The second-order valence-electron chi connectivity index (χ2n) is 6.45. The van der Waals surface area contributed by atoms with Gasteiger partial charge in [-0.2, -0.15) is 9.40 Å². The molecule has 0 aliphatic rings. The summed E-state index contributed by atoms with van der Waals surface area (Å²) in [5.74, 6) is -0.353. The smallest absolute Gasteiger partial charge is 0.255 e. The largest absolute Gasteiger partial charge is 0.320 e. The van der Waals surface area contributed by atoms with Gasteiger partial charge in [-0.05, 0) is 50.2 Å². The fourth-order valence-corrected chi connectivity index (χ4v) is 3.90. The van der Waals surface area contributed by atoms with Crippen molar-refractivity contribution < 1.29 is 13.2 Å². The molecule has 0 aliphatic heterocycles. The molecule has 8 nitrogen and oxygen atoms in total. The third-order valence-corrected chi connectivity index (χ3v) is 6.39. The highest BCUT2D eigenvalue weighted by molar-refractivity contribution is 7.89. The van der Waals surface area contributed by atoms with Crippen LogP contribution in [0.1, 0.15) is 24.2 Å². The van der Waals surface area contributed by atoms with Crippen LogP contribution >= 0.6 is 0 Å². The molecular weight excluding hydrogens is 378 g/mol. The molecule has 0 unspecified atom stereocenters. The molecule has 3 aromatic rings. The van der Waals surface area contributed by atoms with Crippen molar-refractivity contribution in [1.29, 1.82) is 0 Å². The number of aromatic nitrogens is 3. The highest BCUT2D eigenvalue weighted by atomic mass is 32.2. The van der Waals surface area contributed by atoms with Crippen LogP contribution in [0.3, 0.4) is 0 Å². The number of anilines is 1. The number of rotatable bonds is 6. The molecule has 0 saturated heterocycles. The first-order valence-electron chi connectivity index (χ1n) is 8.64. The van der Waals surface area contributed by atoms with E-state index in [1.54, 1.807) is 30.7 Å². The molecule has 0 bridgehead atoms. The standard InChI is InChI=1S/C19H21N5O3S/c1-14(2)23(3)28(26,27)16-10-8-15(9-11-16)19(25)22-17-6-4-5-7-18(17)24-13-20-12-21-24/h4-14H,1-3H3,(H,22,25). The van der Waals surface area contributed by atoms with Crippen molar-refractivity contribution in [2.24, 2.45) is 0 Å². The van der Waals surface area contributed by atoms with Crippen molar-refractivity contribution in [2.45, 2.75) is 24.8 Å². The molecule has 0 aliphatic carbocycles. The minimum absolute atomic E-state index is 0.142. The summed E-state index contributed by atoms with van der Waals surface area (Å²) >= 11 is 0.